The van der Waals surface area contributed by atoms with Gasteiger partial charge in [0, 0.05) is 29.2 Å². The number of methoxy groups -OCH3 is 1. The minimum atomic E-state index is -0.382. The van der Waals surface area contributed by atoms with Gasteiger partial charge in [0.15, 0.2) is 0 Å². The van der Waals surface area contributed by atoms with Crippen molar-refractivity contribution in [2.24, 2.45) is 5.92 Å². The highest BCUT2D eigenvalue weighted by molar-refractivity contribution is 6.31. The van der Waals surface area contributed by atoms with Crippen LogP contribution >= 0.6 is 11.6 Å². The van der Waals surface area contributed by atoms with Crippen LogP contribution in [-0.2, 0) is 20.7 Å². The number of benzene rings is 2. The van der Waals surface area contributed by atoms with Crippen molar-refractivity contribution in [1.29, 1.82) is 0 Å². The largest absolute Gasteiger partial charge is 0.487 e. The molecule has 2 aliphatic rings. The Labute approximate surface area is 174 Å². The van der Waals surface area contributed by atoms with Gasteiger partial charge < -0.3 is 19.5 Å². The molecule has 0 spiro atoms. The molecule has 0 radical (unpaired) electrons. The average molecular weight is 416 g/mol. The highest BCUT2D eigenvalue weighted by atomic mass is 35.5. The summed E-state index contributed by atoms with van der Waals surface area (Å²) >= 11 is 6.33. The Kier molecular flexibility index (Phi) is 5.74. The molecule has 1 amide bonds. The van der Waals surface area contributed by atoms with Crippen LogP contribution in [0.4, 0.5) is 0 Å². The molecule has 7 heteroatoms. The molecule has 1 fully saturated rings. The van der Waals surface area contributed by atoms with Gasteiger partial charge in [-0.1, -0.05) is 23.7 Å². The molecule has 2 aromatic carbocycles. The first-order valence-electron chi connectivity index (χ1n) is 9.58. The molecule has 2 atom stereocenters. The third kappa shape index (κ3) is 4.23. The summed E-state index contributed by atoms with van der Waals surface area (Å²) in [6, 6.07) is 10.9. The molecule has 0 aromatic heterocycles. The molecular weight excluding hydrogens is 394 g/mol. The van der Waals surface area contributed by atoms with E-state index in [1.807, 2.05) is 24.3 Å². The molecule has 0 bridgehead atoms. The number of fused-ring (bicyclic) bond motifs is 1. The van der Waals surface area contributed by atoms with Crippen LogP contribution in [0.2, 0.25) is 5.02 Å². The third-order valence-electron chi connectivity index (χ3n) is 5.28. The van der Waals surface area contributed by atoms with Gasteiger partial charge in [0.05, 0.1) is 31.7 Å². The molecule has 152 valence electrons. The van der Waals surface area contributed by atoms with Crippen LogP contribution in [-0.4, -0.2) is 44.8 Å². The Hall–Kier alpha value is -2.57. The van der Waals surface area contributed by atoms with Crippen LogP contribution in [0.5, 0.6) is 5.75 Å². The molecule has 1 N–H and O–H groups in total. The van der Waals surface area contributed by atoms with E-state index in [4.69, 9.17) is 25.8 Å². The molecule has 6 nitrogen and oxygen atoms in total. The van der Waals surface area contributed by atoms with Crippen LogP contribution in [0.3, 0.4) is 0 Å². The van der Waals surface area contributed by atoms with E-state index in [-0.39, 0.29) is 23.9 Å². The van der Waals surface area contributed by atoms with E-state index < -0.39 is 0 Å². The fourth-order valence-corrected chi connectivity index (χ4v) is 3.97. The van der Waals surface area contributed by atoms with Gasteiger partial charge in [0.25, 0.3) is 0 Å². The molecule has 2 aliphatic heterocycles. The summed E-state index contributed by atoms with van der Waals surface area (Å²) < 4.78 is 16.2. The minimum absolute atomic E-state index is 0.0127. The Balaban J connectivity index is 1.49. The van der Waals surface area contributed by atoms with E-state index in [0.717, 1.165) is 28.9 Å². The van der Waals surface area contributed by atoms with Gasteiger partial charge in [-0.3, -0.25) is 4.79 Å². The number of esters is 1. The number of nitrogens with one attached hydrogen (secondary N) is 1. The lowest BCUT2D eigenvalue weighted by Crippen LogP contribution is -2.38. The number of ether oxygens (including phenoxy) is 3. The van der Waals surface area contributed by atoms with Crippen molar-refractivity contribution in [3.63, 3.8) is 0 Å². The number of carbonyl (C=O) groups excluding carboxylic acids is 2. The lowest BCUT2D eigenvalue weighted by molar-refractivity contribution is -0.125. The van der Waals surface area contributed by atoms with Gasteiger partial charge in [0.2, 0.25) is 5.91 Å². The quantitative estimate of drug-likeness (QED) is 0.759. The number of hydrogen-bond donors (Lipinski definition) is 1. The highest BCUT2D eigenvalue weighted by Crippen LogP contribution is 2.41. The smallest absolute Gasteiger partial charge is 0.337 e. The average Bonchev–Trinajstić information content (AvgIpc) is 3.41. The number of rotatable bonds is 5. The fourth-order valence-electron chi connectivity index (χ4n) is 3.73. The van der Waals surface area contributed by atoms with E-state index in [1.54, 1.807) is 12.1 Å². The summed E-state index contributed by atoms with van der Waals surface area (Å²) in [7, 11) is 1.35. The molecule has 0 aliphatic carbocycles. The van der Waals surface area contributed by atoms with E-state index in [1.165, 1.54) is 7.11 Å². The summed E-state index contributed by atoms with van der Waals surface area (Å²) in [6.45, 7) is 1.56. The van der Waals surface area contributed by atoms with Crippen molar-refractivity contribution in [3.05, 3.63) is 52.5 Å². The van der Waals surface area contributed by atoms with Crippen molar-refractivity contribution in [2.75, 3.05) is 26.9 Å². The molecule has 2 aromatic rings. The van der Waals surface area contributed by atoms with E-state index >= 15 is 0 Å². The SMILES string of the molecule is COC(=O)c1ccc(-c2cc(Cl)cc3c2O[C@H](CNC(=O)[C@@H]2CCOC2)C3)cc1. The summed E-state index contributed by atoms with van der Waals surface area (Å²) in [4.78, 5) is 23.9. The fraction of sp³-hybridized carbons (Fsp3) is 0.364. The van der Waals surface area contributed by atoms with Crippen LogP contribution in [0.15, 0.2) is 36.4 Å². The molecule has 2 heterocycles. The van der Waals surface area contributed by atoms with Crippen molar-refractivity contribution < 1.29 is 23.8 Å². The Morgan fingerprint density at radius 3 is 2.72 bits per heavy atom. The zero-order valence-electron chi connectivity index (χ0n) is 16.1. The van der Waals surface area contributed by atoms with E-state index in [9.17, 15) is 9.59 Å². The van der Waals surface area contributed by atoms with Gasteiger partial charge in [-0.15, -0.1) is 0 Å². The second-order valence-electron chi connectivity index (χ2n) is 7.26. The van der Waals surface area contributed by atoms with E-state index in [2.05, 4.69) is 5.32 Å². The predicted molar refractivity (Wildman–Crippen MR) is 108 cm³/mol. The Bertz CT molecular complexity index is 922. The van der Waals surface area contributed by atoms with Crippen molar-refractivity contribution in [1.82, 2.24) is 5.32 Å². The number of carbonyl (C=O) groups is 2. The van der Waals surface area contributed by atoms with Crippen molar-refractivity contribution in [2.45, 2.75) is 18.9 Å². The normalized spacial score (nSPS) is 20.1. The van der Waals surface area contributed by atoms with Gasteiger partial charge in [-0.2, -0.15) is 0 Å². The zero-order valence-corrected chi connectivity index (χ0v) is 16.8. The maximum atomic E-state index is 12.2. The molecule has 1 saturated heterocycles. The first-order chi connectivity index (χ1) is 14.0. The number of halogens is 1. The molecule has 0 unspecified atom stereocenters. The lowest BCUT2D eigenvalue weighted by atomic mass is 9.99. The van der Waals surface area contributed by atoms with Crippen molar-refractivity contribution >= 4 is 23.5 Å². The molecule has 4 rings (SSSR count). The van der Waals surface area contributed by atoms with Crippen LogP contribution < -0.4 is 10.1 Å². The topological polar surface area (TPSA) is 73.9 Å². The highest BCUT2D eigenvalue weighted by Gasteiger charge is 2.29. The van der Waals surface area contributed by atoms with Crippen LogP contribution in [0.1, 0.15) is 22.3 Å². The Morgan fingerprint density at radius 1 is 1.24 bits per heavy atom. The standard InChI is InChI=1S/C22H22ClNO5/c1-27-22(26)14-4-2-13(3-5-14)19-10-17(23)8-16-9-18(29-20(16)19)11-24-21(25)15-6-7-28-12-15/h2-5,8,10,15,18H,6-7,9,11-12H2,1H3,(H,24,25)/t15-,18+/m1/s1. The summed E-state index contributed by atoms with van der Waals surface area (Å²) in [5, 5.41) is 3.59. The van der Waals surface area contributed by atoms with Gasteiger partial charge in [-0.05, 0) is 36.2 Å². The zero-order chi connectivity index (χ0) is 20.4. The van der Waals surface area contributed by atoms with E-state index in [0.29, 0.717) is 36.8 Å². The monoisotopic (exact) mass is 415 g/mol. The minimum Gasteiger partial charge on any atom is -0.487 e. The maximum absolute atomic E-state index is 12.2. The first kappa shape index (κ1) is 19.7. The first-order valence-corrected chi connectivity index (χ1v) is 9.96. The van der Waals surface area contributed by atoms with Crippen LogP contribution in [0.25, 0.3) is 11.1 Å². The summed E-state index contributed by atoms with van der Waals surface area (Å²) in [5.74, 6) is 0.326. The van der Waals surface area contributed by atoms with Gasteiger partial charge in [0.1, 0.15) is 11.9 Å². The summed E-state index contributed by atoms with van der Waals surface area (Å²) in [5.41, 5.74) is 3.24. The molecule has 29 heavy (non-hydrogen) atoms. The second-order valence-corrected chi connectivity index (χ2v) is 7.70. The Morgan fingerprint density at radius 2 is 2.03 bits per heavy atom. The van der Waals surface area contributed by atoms with Gasteiger partial charge in [-0.25, -0.2) is 4.79 Å². The van der Waals surface area contributed by atoms with Gasteiger partial charge >= 0.3 is 5.97 Å². The lowest BCUT2D eigenvalue weighted by Gasteiger charge is -2.15. The maximum Gasteiger partial charge on any atom is 0.337 e. The molecule has 0 saturated carbocycles. The second kappa shape index (κ2) is 8.43. The number of amides is 1. The molecular formula is C22H22ClNO5. The van der Waals surface area contributed by atoms with Crippen LogP contribution in [0, 0.1) is 5.92 Å². The number of hydrogen-bond acceptors (Lipinski definition) is 5. The predicted octanol–water partition coefficient (Wildman–Crippen LogP) is 3.25. The summed E-state index contributed by atoms with van der Waals surface area (Å²) in [6.07, 6.45) is 1.28. The third-order valence-corrected chi connectivity index (χ3v) is 5.50. The van der Waals surface area contributed by atoms with Crippen molar-refractivity contribution in [3.8, 4) is 16.9 Å².